The van der Waals surface area contributed by atoms with E-state index < -0.39 is 33.3 Å². The van der Waals surface area contributed by atoms with Crippen LogP contribution in [0.2, 0.25) is 5.02 Å². The summed E-state index contributed by atoms with van der Waals surface area (Å²) >= 11 is 6.06. The maximum Gasteiger partial charge on any atom is 0.406 e. The minimum atomic E-state index is -3.74. The van der Waals surface area contributed by atoms with Gasteiger partial charge in [0.15, 0.2) is 6.61 Å². The van der Waals surface area contributed by atoms with Gasteiger partial charge in [-0.3, -0.25) is 4.79 Å². The Bertz CT molecular complexity index is 1010. The molecule has 1 amide bonds. The number of carbonyl (C=O) groups excluding carboxylic acids is 1. The van der Waals surface area contributed by atoms with E-state index in [2.05, 4.69) is 10.3 Å². The second-order valence-electron chi connectivity index (χ2n) is 5.65. The van der Waals surface area contributed by atoms with Gasteiger partial charge in [0.1, 0.15) is 6.20 Å². The summed E-state index contributed by atoms with van der Waals surface area (Å²) in [5.74, 6) is -1.37. The van der Waals surface area contributed by atoms with Crippen LogP contribution in [0.25, 0.3) is 0 Å². The van der Waals surface area contributed by atoms with E-state index in [1.54, 1.807) is 13.8 Å². The van der Waals surface area contributed by atoms with Gasteiger partial charge in [-0.1, -0.05) is 25.4 Å². The number of anilines is 1. The monoisotopic (exact) mass is 442 g/mol. The second kappa shape index (κ2) is 9.63. The Morgan fingerprint density at radius 3 is 2.62 bits per heavy atom. The van der Waals surface area contributed by atoms with Gasteiger partial charge in [0.05, 0.1) is 15.6 Å². The Hall–Kier alpha value is -2.76. The van der Waals surface area contributed by atoms with Crippen LogP contribution < -0.4 is 10.1 Å². The normalized spacial score (nSPS) is 11.3. The number of aromatic nitrogens is 1. The van der Waals surface area contributed by atoms with Crippen molar-refractivity contribution in [2.45, 2.75) is 18.7 Å². The number of halogens is 1. The molecule has 0 aliphatic heterocycles. The van der Waals surface area contributed by atoms with Gasteiger partial charge in [0.2, 0.25) is 15.8 Å². The van der Waals surface area contributed by atoms with Crippen LogP contribution in [0.5, 0.6) is 5.75 Å². The third-order valence-electron chi connectivity index (χ3n) is 3.84. The first-order valence-electron chi connectivity index (χ1n) is 8.52. The Morgan fingerprint density at radius 2 is 2.00 bits per heavy atom. The highest BCUT2D eigenvalue weighted by atomic mass is 35.5. The highest BCUT2D eigenvalue weighted by molar-refractivity contribution is 7.89. The SMILES string of the molecule is CCN(CC)S(=O)(=O)c1ccc(Cl)c(NC(=O)COc2cccnc2[N+](=O)[O-])c1. The average Bonchev–Trinajstić information content (AvgIpc) is 2.68. The van der Waals surface area contributed by atoms with Crippen molar-refractivity contribution in [1.29, 1.82) is 0 Å². The highest BCUT2D eigenvalue weighted by Crippen LogP contribution is 2.27. The molecule has 2 aromatic rings. The van der Waals surface area contributed by atoms with Crippen LogP contribution in [0.4, 0.5) is 11.5 Å². The third-order valence-corrected chi connectivity index (χ3v) is 6.21. The molecule has 156 valence electrons. The van der Waals surface area contributed by atoms with E-state index in [-0.39, 0.29) is 21.4 Å². The number of rotatable bonds is 9. The van der Waals surface area contributed by atoms with E-state index in [1.807, 2.05) is 0 Å². The topological polar surface area (TPSA) is 132 Å². The molecule has 12 heteroatoms. The number of ether oxygens (including phenoxy) is 1. The van der Waals surface area contributed by atoms with Crippen LogP contribution in [0, 0.1) is 10.1 Å². The molecule has 1 N–H and O–H groups in total. The summed E-state index contributed by atoms with van der Waals surface area (Å²) in [5, 5.41) is 13.5. The van der Waals surface area contributed by atoms with Gasteiger partial charge in [-0.2, -0.15) is 4.31 Å². The lowest BCUT2D eigenvalue weighted by Gasteiger charge is -2.19. The Kier molecular flexibility index (Phi) is 7.48. The van der Waals surface area contributed by atoms with Gasteiger partial charge < -0.3 is 20.2 Å². The first-order valence-corrected chi connectivity index (χ1v) is 10.3. The number of hydrogen-bond donors (Lipinski definition) is 1. The maximum atomic E-state index is 12.6. The molecular formula is C17H19ClN4O6S. The van der Waals surface area contributed by atoms with Crippen LogP contribution in [0.3, 0.4) is 0 Å². The van der Waals surface area contributed by atoms with Crippen molar-refractivity contribution in [1.82, 2.24) is 9.29 Å². The van der Waals surface area contributed by atoms with Crippen molar-refractivity contribution in [3.8, 4) is 5.75 Å². The highest BCUT2D eigenvalue weighted by Gasteiger charge is 2.23. The van der Waals surface area contributed by atoms with Crippen molar-refractivity contribution in [2.75, 3.05) is 25.0 Å². The van der Waals surface area contributed by atoms with Crippen LogP contribution >= 0.6 is 11.6 Å². The van der Waals surface area contributed by atoms with Gasteiger partial charge >= 0.3 is 5.82 Å². The number of nitro groups is 1. The smallest absolute Gasteiger partial charge is 0.406 e. The lowest BCUT2D eigenvalue weighted by Crippen LogP contribution is -2.30. The quantitative estimate of drug-likeness (QED) is 0.466. The molecule has 0 spiro atoms. The molecule has 0 saturated carbocycles. The van der Waals surface area contributed by atoms with Crippen LogP contribution in [-0.4, -0.2) is 48.2 Å². The third kappa shape index (κ3) is 5.40. The zero-order valence-corrected chi connectivity index (χ0v) is 17.2. The molecule has 10 nitrogen and oxygen atoms in total. The van der Waals surface area contributed by atoms with Gasteiger partial charge in [-0.25, -0.2) is 8.42 Å². The molecule has 0 unspecified atom stereocenters. The number of sulfonamides is 1. The number of amides is 1. The fraction of sp³-hybridized carbons (Fsp3) is 0.294. The first-order chi connectivity index (χ1) is 13.7. The number of carbonyl (C=O) groups is 1. The Morgan fingerprint density at radius 1 is 1.31 bits per heavy atom. The summed E-state index contributed by atoms with van der Waals surface area (Å²) < 4.78 is 31.7. The number of hydrogen-bond acceptors (Lipinski definition) is 7. The molecule has 0 fully saturated rings. The summed E-state index contributed by atoms with van der Waals surface area (Å²) in [6.07, 6.45) is 1.23. The molecule has 0 bridgehead atoms. The van der Waals surface area contributed by atoms with Crippen LogP contribution in [-0.2, 0) is 14.8 Å². The van der Waals surface area contributed by atoms with E-state index in [0.29, 0.717) is 13.1 Å². The largest absolute Gasteiger partial charge is 0.476 e. The second-order valence-corrected chi connectivity index (χ2v) is 8.00. The zero-order chi connectivity index (χ0) is 21.6. The number of nitrogens with zero attached hydrogens (tertiary/aromatic N) is 3. The minimum Gasteiger partial charge on any atom is -0.476 e. The summed E-state index contributed by atoms with van der Waals surface area (Å²) in [7, 11) is -3.74. The Balaban J connectivity index is 2.16. The summed E-state index contributed by atoms with van der Waals surface area (Å²) in [4.78, 5) is 25.9. The molecule has 0 aliphatic carbocycles. The number of pyridine rings is 1. The molecule has 1 aromatic carbocycles. The van der Waals surface area contributed by atoms with E-state index in [4.69, 9.17) is 16.3 Å². The molecule has 0 radical (unpaired) electrons. The summed E-state index contributed by atoms with van der Waals surface area (Å²) in [6.45, 7) is 3.46. The van der Waals surface area contributed by atoms with Crippen molar-refractivity contribution < 1.29 is 22.9 Å². The molecular weight excluding hydrogens is 424 g/mol. The summed E-state index contributed by atoms with van der Waals surface area (Å²) in [5.41, 5.74) is 0.0779. The molecule has 0 atom stereocenters. The van der Waals surface area contributed by atoms with E-state index in [1.165, 1.54) is 40.8 Å². The molecule has 0 aliphatic rings. The fourth-order valence-electron chi connectivity index (χ4n) is 2.43. The van der Waals surface area contributed by atoms with Gasteiger partial charge in [-0.05, 0) is 40.2 Å². The summed E-state index contributed by atoms with van der Waals surface area (Å²) in [6, 6.07) is 6.70. The fourth-order valence-corrected chi connectivity index (χ4v) is 4.08. The van der Waals surface area contributed by atoms with Crippen LogP contribution in [0.15, 0.2) is 41.4 Å². The molecule has 1 heterocycles. The van der Waals surface area contributed by atoms with E-state index in [0.717, 1.165) is 0 Å². The van der Waals surface area contributed by atoms with E-state index >= 15 is 0 Å². The van der Waals surface area contributed by atoms with Gasteiger partial charge in [0.25, 0.3) is 5.91 Å². The Labute approximate surface area is 172 Å². The maximum absolute atomic E-state index is 12.6. The molecule has 29 heavy (non-hydrogen) atoms. The lowest BCUT2D eigenvalue weighted by molar-refractivity contribution is -0.390. The minimum absolute atomic E-state index is 0.0234. The van der Waals surface area contributed by atoms with Crippen molar-refractivity contribution in [3.63, 3.8) is 0 Å². The predicted molar refractivity (Wildman–Crippen MR) is 107 cm³/mol. The standard InChI is InChI=1S/C17H19ClN4O6S/c1-3-21(4-2)29(26,27)12-7-8-13(18)14(10-12)20-16(23)11-28-15-6-5-9-19-17(15)22(24)25/h5-10H,3-4,11H2,1-2H3,(H,20,23). The number of nitrogens with one attached hydrogen (secondary N) is 1. The van der Waals surface area contributed by atoms with E-state index in [9.17, 15) is 23.3 Å². The lowest BCUT2D eigenvalue weighted by atomic mass is 10.3. The molecule has 2 rings (SSSR count). The molecule has 0 saturated heterocycles. The van der Waals surface area contributed by atoms with Crippen molar-refractivity contribution in [2.24, 2.45) is 0 Å². The van der Waals surface area contributed by atoms with Crippen molar-refractivity contribution in [3.05, 3.63) is 51.7 Å². The van der Waals surface area contributed by atoms with Crippen molar-refractivity contribution >= 4 is 39.0 Å². The zero-order valence-electron chi connectivity index (χ0n) is 15.7. The average molecular weight is 443 g/mol. The predicted octanol–water partition coefficient (Wildman–Crippen LogP) is 2.69. The van der Waals surface area contributed by atoms with Gasteiger partial charge in [0, 0.05) is 13.1 Å². The first kappa shape index (κ1) is 22.5. The molecule has 1 aromatic heterocycles. The number of benzene rings is 1. The van der Waals surface area contributed by atoms with Gasteiger partial charge in [-0.15, -0.1) is 0 Å². The van der Waals surface area contributed by atoms with Crippen LogP contribution in [0.1, 0.15) is 13.8 Å².